The molecule has 1 saturated carbocycles. The third-order valence-corrected chi connectivity index (χ3v) is 10.9. The zero-order chi connectivity index (χ0) is 28.8. The van der Waals surface area contributed by atoms with E-state index in [2.05, 4.69) is 16.5 Å². The van der Waals surface area contributed by atoms with Crippen molar-refractivity contribution in [3.63, 3.8) is 0 Å². The van der Waals surface area contributed by atoms with Gasteiger partial charge >= 0.3 is 0 Å². The molecule has 0 bridgehead atoms. The summed E-state index contributed by atoms with van der Waals surface area (Å²) in [6.45, 7) is 6.36. The fourth-order valence-corrected chi connectivity index (χ4v) is 7.41. The highest BCUT2D eigenvalue weighted by Crippen LogP contribution is 2.50. The van der Waals surface area contributed by atoms with Gasteiger partial charge in [-0.1, -0.05) is 12.1 Å². The number of aliphatic hydroxyl groups is 3. The van der Waals surface area contributed by atoms with Crippen molar-refractivity contribution in [2.24, 2.45) is 0 Å². The number of carbonyl (C=O) groups excluding carboxylic acids is 1. The number of aromatic nitrogens is 2. The average Bonchev–Trinajstić information content (AvgIpc) is 3.59. The molecule has 1 unspecified atom stereocenters. The standard InChI is InChI=1S/C27H37N5O6S/c1-25(2,36)15-32-22-20(21(30-32)23(34)29-14-19-7-5-18(13-28)6-8-19)9-12-31(24(22)35)16-27(10-11-27)39(37,38)26(3,4)17-33/h5-8,24,33,35-36H,9-12,14-17H2,1-4H3,(H,29,34). The lowest BCUT2D eigenvalue weighted by Gasteiger charge is -2.37. The molecule has 212 valence electrons. The zero-order valence-corrected chi connectivity index (χ0v) is 23.6. The molecule has 1 aliphatic heterocycles. The van der Waals surface area contributed by atoms with Gasteiger partial charge in [0.15, 0.2) is 21.8 Å². The smallest absolute Gasteiger partial charge is 0.272 e. The Balaban J connectivity index is 1.60. The molecule has 4 rings (SSSR count). The number of rotatable bonds is 10. The van der Waals surface area contributed by atoms with Crippen LogP contribution in [0.4, 0.5) is 0 Å². The Morgan fingerprint density at radius 1 is 1.23 bits per heavy atom. The number of hydrogen-bond donors (Lipinski definition) is 4. The number of nitriles is 1. The van der Waals surface area contributed by atoms with Crippen LogP contribution in [0.25, 0.3) is 0 Å². The summed E-state index contributed by atoms with van der Waals surface area (Å²) in [7, 11) is -3.71. The molecule has 1 aromatic heterocycles. The van der Waals surface area contributed by atoms with Gasteiger partial charge in [-0.25, -0.2) is 8.42 Å². The number of nitrogens with zero attached hydrogens (tertiary/aromatic N) is 4. The maximum atomic E-state index is 13.4. The van der Waals surface area contributed by atoms with Gasteiger partial charge in [0.1, 0.15) is 0 Å². The molecule has 4 N–H and O–H groups in total. The molecule has 2 aromatic rings. The van der Waals surface area contributed by atoms with Crippen molar-refractivity contribution < 1.29 is 28.5 Å². The summed E-state index contributed by atoms with van der Waals surface area (Å²) in [5.41, 5.74) is 1.20. The van der Waals surface area contributed by atoms with E-state index in [1.54, 1.807) is 43.0 Å². The summed E-state index contributed by atoms with van der Waals surface area (Å²) in [6.07, 6.45) is 0.0208. The van der Waals surface area contributed by atoms with Crippen LogP contribution in [0.15, 0.2) is 24.3 Å². The molecule has 1 amide bonds. The van der Waals surface area contributed by atoms with Crippen LogP contribution in [0, 0.1) is 11.3 Å². The van der Waals surface area contributed by atoms with E-state index in [-0.39, 0.29) is 25.3 Å². The summed E-state index contributed by atoms with van der Waals surface area (Å²) in [5, 5.41) is 48.0. The first-order chi connectivity index (χ1) is 18.1. The maximum absolute atomic E-state index is 13.4. The second-order valence-electron chi connectivity index (χ2n) is 11.9. The van der Waals surface area contributed by atoms with E-state index in [0.29, 0.717) is 42.6 Å². The monoisotopic (exact) mass is 559 g/mol. The number of fused-ring (bicyclic) bond motifs is 1. The molecule has 2 aliphatic rings. The van der Waals surface area contributed by atoms with Crippen molar-refractivity contribution >= 4 is 15.7 Å². The first kappa shape index (κ1) is 29.2. The Bertz CT molecular complexity index is 1380. The number of benzene rings is 1. The topological polar surface area (TPSA) is 169 Å². The van der Waals surface area contributed by atoms with Crippen LogP contribution in [-0.2, 0) is 29.3 Å². The zero-order valence-electron chi connectivity index (χ0n) is 22.8. The van der Waals surface area contributed by atoms with Crippen LogP contribution in [-0.4, -0.2) is 79.1 Å². The molecule has 2 heterocycles. The summed E-state index contributed by atoms with van der Waals surface area (Å²) in [5.74, 6) is -0.434. The Hall–Kier alpha value is -2.82. The van der Waals surface area contributed by atoms with Crippen molar-refractivity contribution in [2.45, 2.75) is 81.4 Å². The van der Waals surface area contributed by atoms with Gasteiger partial charge in [0.2, 0.25) is 0 Å². The molecule has 0 radical (unpaired) electrons. The van der Waals surface area contributed by atoms with Crippen molar-refractivity contribution in [3.05, 3.63) is 52.3 Å². The van der Waals surface area contributed by atoms with E-state index in [0.717, 1.165) is 5.56 Å². The van der Waals surface area contributed by atoms with Crippen LogP contribution in [0.2, 0.25) is 0 Å². The number of hydrogen-bond acceptors (Lipinski definition) is 9. The van der Waals surface area contributed by atoms with Gasteiger partial charge in [-0.3, -0.25) is 14.4 Å². The van der Waals surface area contributed by atoms with Crippen LogP contribution in [0.3, 0.4) is 0 Å². The van der Waals surface area contributed by atoms with Crippen LogP contribution < -0.4 is 5.32 Å². The third kappa shape index (κ3) is 5.60. The Labute approximate surface area is 229 Å². The van der Waals surface area contributed by atoms with E-state index in [1.165, 1.54) is 18.5 Å². The number of carbonyl (C=O) groups is 1. The second kappa shape index (κ2) is 10.3. The van der Waals surface area contributed by atoms with E-state index in [1.807, 2.05) is 0 Å². The van der Waals surface area contributed by atoms with E-state index >= 15 is 0 Å². The van der Waals surface area contributed by atoms with E-state index < -0.39 is 43.7 Å². The largest absolute Gasteiger partial charge is 0.395 e. The molecule has 0 saturated heterocycles. The van der Waals surface area contributed by atoms with Gasteiger partial charge in [-0.05, 0) is 64.7 Å². The lowest BCUT2D eigenvalue weighted by molar-refractivity contribution is -0.0187. The Morgan fingerprint density at radius 2 is 1.87 bits per heavy atom. The quantitative estimate of drug-likeness (QED) is 0.332. The third-order valence-electron chi connectivity index (χ3n) is 7.60. The molecular formula is C27H37N5O6S. The predicted molar refractivity (Wildman–Crippen MR) is 143 cm³/mol. The molecule has 1 aromatic carbocycles. The molecule has 39 heavy (non-hydrogen) atoms. The Morgan fingerprint density at radius 3 is 2.41 bits per heavy atom. The molecule has 12 heteroatoms. The van der Waals surface area contributed by atoms with Crippen molar-refractivity contribution in [3.8, 4) is 6.07 Å². The average molecular weight is 560 g/mol. The maximum Gasteiger partial charge on any atom is 0.272 e. The minimum absolute atomic E-state index is 0.0180. The van der Waals surface area contributed by atoms with E-state index in [4.69, 9.17) is 5.26 Å². The van der Waals surface area contributed by atoms with Gasteiger partial charge in [0.05, 0.1) is 45.6 Å². The first-order valence-corrected chi connectivity index (χ1v) is 14.5. The summed E-state index contributed by atoms with van der Waals surface area (Å²) in [6, 6.07) is 8.89. The van der Waals surface area contributed by atoms with E-state index in [9.17, 15) is 28.5 Å². The summed E-state index contributed by atoms with van der Waals surface area (Å²) < 4.78 is 25.8. The number of nitrogens with one attached hydrogen (secondary N) is 1. The fourth-order valence-electron chi connectivity index (χ4n) is 5.09. The SMILES string of the molecule is CC(C)(O)Cn1nc(C(=O)NCc2ccc(C#N)cc2)c2c1C(O)N(CC1(S(=O)(=O)C(C)(C)CO)CC1)CC2. The number of amides is 1. The molecular weight excluding hydrogens is 522 g/mol. The minimum Gasteiger partial charge on any atom is -0.395 e. The molecule has 1 fully saturated rings. The molecule has 1 aliphatic carbocycles. The summed E-state index contributed by atoms with van der Waals surface area (Å²) in [4.78, 5) is 14.9. The van der Waals surface area contributed by atoms with Gasteiger partial charge in [-0.15, -0.1) is 0 Å². The lowest BCUT2D eigenvalue weighted by atomic mass is 10.0. The number of aliphatic hydroxyl groups excluding tert-OH is 2. The lowest BCUT2D eigenvalue weighted by Crippen LogP contribution is -2.51. The normalized spacial score (nSPS) is 19.3. The minimum atomic E-state index is -3.71. The highest BCUT2D eigenvalue weighted by atomic mass is 32.2. The highest BCUT2D eigenvalue weighted by molar-refractivity contribution is 7.94. The van der Waals surface area contributed by atoms with Gasteiger partial charge in [0, 0.05) is 25.2 Å². The van der Waals surface area contributed by atoms with Gasteiger partial charge < -0.3 is 20.6 Å². The van der Waals surface area contributed by atoms with Crippen LogP contribution in [0.5, 0.6) is 0 Å². The first-order valence-electron chi connectivity index (χ1n) is 13.0. The fraction of sp³-hybridized carbons (Fsp3) is 0.593. The van der Waals surface area contributed by atoms with Gasteiger partial charge in [0.25, 0.3) is 5.91 Å². The second-order valence-corrected chi connectivity index (χ2v) is 14.9. The highest BCUT2D eigenvalue weighted by Gasteiger charge is 2.60. The van der Waals surface area contributed by atoms with Crippen molar-refractivity contribution in [1.82, 2.24) is 20.0 Å². The van der Waals surface area contributed by atoms with Crippen LogP contribution >= 0.6 is 0 Å². The van der Waals surface area contributed by atoms with Gasteiger partial charge in [-0.2, -0.15) is 10.4 Å². The summed E-state index contributed by atoms with van der Waals surface area (Å²) >= 11 is 0. The van der Waals surface area contributed by atoms with Crippen molar-refractivity contribution in [1.29, 1.82) is 5.26 Å². The van der Waals surface area contributed by atoms with Crippen LogP contribution in [0.1, 0.15) is 79.6 Å². The molecule has 0 spiro atoms. The molecule has 1 atom stereocenters. The predicted octanol–water partition coefficient (Wildman–Crippen LogP) is 1.02. The van der Waals surface area contributed by atoms with Crippen molar-refractivity contribution in [2.75, 3.05) is 19.7 Å². The molecule has 11 nitrogen and oxygen atoms in total. The Kier molecular flexibility index (Phi) is 7.70. The number of sulfone groups is 1.